The van der Waals surface area contributed by atoms with Gasteiger partial charge in [0.2, 0.25) is 0 Å². The first-order valence-electron chi connectivity index (χ1n) is 5.58. The summed E-state index contributed by atoms with van der Waals surface area (Å²) in [7, 11) is 0. The number of benzene rings is 1. The average molecular weight is 253 g/mol. The first-order valence-corrected chi connectivity index (χ1v) is 5.96. The summed E-state index contributed by atoms with van der Waals surface area (Å²) in [5.74, 6) is 0. The highest BCUT2D eigenvalue weighted by molar-refractivity contribution is 6.30. The Hall–Kier alpha value is -1.48. The summed E-state index contributed by atoms with van der Waals surface area (Å²) in [5.41, 5.74) is 1.05. The minimum atomic E-state index is -0.188. The highest BCUT2D eigenvalue weighted by atomic mass is 35.5. The lowest BCUT2D eigenvalue weighted by Gasteiger charge is -2.17. The minimum absolute atomic E-state index is 0.00270. The predicted octanol–water partition coefficient (Wildman–Crippen LogP) is 3.28. The van der Waals surface area contributed by atoms with Gasteiger partial charge in [-0.2, -0.15) is 0 Å². The second-order valence-corrected chi connectivity index (χ2v) is 4.09. The molecule has 0 aliphatic heterocycles. The van der Waals surface area contributed by atoms with Crippen molar-refractivity contribution in [1.82, 2.24) is 10.6 Å². The average Bonchev–Trinajstić information content (AvgIpc) is 2.34. The molecule has 0 radical (unpaired) electrons. The fourth-order valence-corrected chi connectivity index (χ4v) is 1.62. The van der Waals surface area contributed by atoms with Crippen LogP contribution in [-0.2, 0) is 0 Å². The number of carbonyl (C=O) groups excluding carboxylic acids is 1. The molecule has 92 valence electrons. The van der Waals surface area contributed by atoms with Crippen molar-refractivity contribution in [2.75, 3.05) is 6.54 Å². The van der Waals surface area contributed by atoms with Gasteiger partial charge in [-0.05, 0) is 24.1 Å². The molecule has 0 bridgehead atoms. The summed E-state index contributed by atoms with van der Waals surface area (Å²) in [6, 6.07) is 7.30. The summed E-state index contributed by atoms with van der Waals surface area (Å²) < 4.78 is 0. The maximum atomic E-state index is 11.5. The second-order valence-electron chi connectivity index (χ2n) is 3.66. The quantitative estimate of drug-likeness (QED) is 0.776. The molecule has 1 atom stereocenters. The fraction of sp³-hybridized carbons (Fsp3) is 0.308. The van der Waals surface area contributed by atoms with Crippen LogP contribution >= 0.6 is 11.6 Å². The molecular formula is C13H17ClN2O. The monoisotopic (exact) mass is 252 g/mol. The van der Waals surface area contributed by atoms with Crippen LogP contribution in [0.3, 0.4) is 0 Å². The van der Waals surface area contributed by atoms with Crippen LogP contribution in [0.5, 0.6) is 0 Å². The van der Waals surface area contributed by atoms with Crippen LogP contribution in [0, 0.1) is 0 Å². The lowest BCUT2D eigenvalue weighted by Crippen LogP contribution is -2.37. The molecular weight excluding hydrogens is 236 g/mol. The molecule has 2 amide bonds. The molecule has 2 N–H and O–H groups in total. The molecule has 0 heterocycles. The molecule has 1 aromatic rings. The van der Waals surface area contributed by atoms with E-state index in [1.165, 1.54) is 0 Å². The molecule has 1 rings (SSSR count). The fourth-order valence-electron chi connectivity index (χ4n) is 1.49. The Bertz CT molecular complexity index is 376. The van der Waals surface area contributed by atoms with Crippen molar-refractivity contribution in [1.29, 1.82) is 0 Å². The molecule has 0 aromatic heterocycles. The van der Waals surface area contributed by atoms with E-state index < -0.39 is 0 Å². The van der Waals surface area contributed by atoms with E-state index in [1.54, 1.807) is 6.08 Å². The topological polar surface area (TPSA) is 41.1 Å². The van der Waals surface area contributed by atoms with Crippen LogP contribution in [0.4, 0.5) is 4.79 Å². The predicted molar refractivity (Wildman–Crippen MR) is 71.2 cm³/mol. The number of carbonyl (C=O) groups is 1. The number of nitrogens with one attached hydrogen (secondary N) is 2. The van der Waals surface area contributed by atoms with Crippen LogP contribution in [-0.4, -0.2) is 12.6 Å². The molecule has 0 aliphatic carbocycles. The summed E-state index contributed by atoms with van der Waals surface area (Å²) >= 11 is 5.82. The Labute approximate surface area is 107 Å². The third kappa shape index (κ3) is 4.49. The maximum Gasteiger partial charge on any atom is 0.315 e. The van der Waals surface area contributed by atoms with E-state index in [4.69, 9.17) is 11.6 Å². The van der Waals surface area contributed by atoms with E-state index in [0.29, 0.717) is 11.6 Å². The first kappa shape index (κ1) is 13.6. The van der Waals surface area contributed by atoms with Gasteiger partial charge in [0.05, 0.1) is 6.04 Å². The number of hydrogen-bond donors (Lipinski definition) is 2. The molecule has 0 saturated heterocycles. The molecule has 0 fully saturated rings. The SMILES string of the molecule is C=CCNC(=O)NC(CC)c1ccc(Cl)cc1. The summed E-state index contributed by atoms with van der Waals surface area (Å²) in [6.07, 6.45) is 2.46. The third-order valence-corrected chi connectivity index (χ3v) is 2.64. The van der Waals surface area contributed by atoms with Gasteiger partial charge in [0.25, 0.3) is 0 Å². The Morgan fingerprint density at radius 2 is 2.12 bits per heavy atom. The van der Waals surface area contributed by atoms with E-state index in [1.807, 2.05) is 31.2 Å². The van der Waals surface area contributed by atoms with Crippen molar-refractivity contribution >= 4 is 17.6 Å². The van der Waals surface area contributed by atoms with E-state index in [0.717, 1.165) is 12.0 Å². The van der Waals surface area contributed by atoms with Crippen molar-refractivity contribution in [2.24, 2.45) is 0 Å². The molecule has 1 aromatic carbocycles. The Kier molecular flexibility index (Phi) is 5.57. The lowest BCUT2D eigenvalue weighted by atomic mass is 10.1. The van der Waals surface area contributed by atoms with Crippen LogP contribution < -0.4 is 10.6 Å². The van der Waals surface area contributed by atoms with Crippen molar-refractivity contribution in [3.05, 3.63) is 47.5 Å². The highest BCUT2D eigenvalue weighted by Gasteiger charge is 2.11. The maximum absolute atomic E-state index is 11.5. The summed E-state index contributed by atoms with van der Waals surface area (Å²) in [4.78, 5) is 11.5. The molecule has 4 heteroatoms. The number of rotatable bonds is 5. The Morgan fingerprint density at radius 1 is 1.47 bits per heavy atom. The number of urea groups is 1. The van der Waals surface area contributed by atoms with Crippen LogP contribution in [0.25, 0.3) is 0 Å². The zero-order valence-corrected chi connectivity index (χ0v) is 10.6. The summed E-state index contributed by atoms with van der Waals surface area (Å²) in [6.45, 7) is 6.02. The van der Waals surface area contributed by atoms with Gasteiger partial charge in [-0.15, -0.1) is 6.58 Å². The van der Waals surface area contributed by atoms with Crippen LogP contribution in [0.2, 0.25) is 5.02 Å². The van der Waals surface area contributed by atoms with E-state index >= 15 is 0 Å². The van der Waals surface area contributed by atoms with Crippen molar-refractivity contribution in [3.8, 4) is 0 Å². The minimum Gasteiger partial charge on any atom is -0.335 e. The van der Waals surface area contributed by atoms with Gasteiger partial charge in [-0.1, -0.05) is 36.7 Å². The first-order chi connectivity index (χ1) is 8.17. The normalized spacial score (nSPS) is 11.6. The van der Waals surface area contributed by atoms with Gasteiger partial charge in [0.1, 0.15) is 0 Å². The van der Waals surface area contributed by atoms with Gasteiger partial charge in [0.15, 0.2) is 0 Å². The number of amides is 2. The molecule has 0 saturated carbocycles. The zero-order chi connectivity index (χ0) is 12.7. The Balaban J connectivity index is 2.62. The van der Waals surface area contributed by atoms with Gasteiger partial charge in [-0.3, -0.25) is 0 Å². The molecule has 1 unspecified atom stereocenters. The van der Waals surface area contributed by atoms with Gasteiger partial charge < -0.3 is 10.6 Å². The van der Waals surface area contributed by atoms with E-state index in [2.05, 4.69) is 17.2 Å². The van der Waals surface area contributed by atoms with Crippen LogP contribution in [0.1, 0.15) is 24.9 Å². The Morgan fingerprint density at radius 3 is 2.65 bits per heavy atom. The largest absolute Gasteiger partial charge is 0.335 e. The van der Waals surface area contributed by atoms with Gasteiger partial charge in [-0.25, -0.2) is 4.79 Å². The molecule has 0 aliphatic rings. The number of hydrogen-bond acceptors (Lipinski definition) is 1. The summed E-state index contributed by atoms with van der Waals surface area (Å²) in [5, 5.41) is 6.27. The lowest BCUT2D eigenvalue weighted by molar-refractivity contribution is 0.237. The second kappa shape index (κ2) is 6.97. The molecule has 0 spiro atoms. The van der Waals surface area contributed by atoms with E-state index in [-0.39, 0.29) is 12.1 Å². The van der Waals surface area contributed by atoms with E-state index in [9.17, 15) is 4.79 Å². The standard InChI is InChI=1S/C13H17ClN2O/c1-3-9-15-13(17)16-12(4-2)10-5-7-11(14)8-6-10/h3,5-8,12H,1,4,9H2,2H3,(H2,15,16,17). The zero-order valence-electron chi connectivity index (χ0n) is 9.87. The molecule has 17 heavy (non-hydrogen) atoms. The van der Waals surface area contributed by atoms with Crippen LogP contribution in [0.15, 0.2) is 36.9 Å². The van der Waals surface area contributed by atoms with Gasteiger partial charge >= 0.3 is 6.03 Å². The third-order valence-electron chi connectivity index (χ3n) is 2.39. The van der Waals surface area contributed by atoms with Crippen molar-refractivity contribution < 1.29 is 4.79 Å². The molecule has 3 nitrogen and oxygen atoms in total. The van der Waals surface area contributed by atoms with Crippen molar-refractivity contribution in [3.63, 3.8) is 0 Å². The number of halogens is 1. The van der Waals surface area contributed by atoms with Gasteiger partial charge in [0, 0.05) is 11.6 Å². The highest BCUT2D eigenvalue weighted by Crippen LogP contribution is 2.18. The smallest absolute Gasteiger partial charge is 0.315 e. The van der Waals surface area contributed by atoms with Crippen molar-refractivity contribution in [2.45, 2.75) is 19.4 Å².